The highest BCUT2D eigenvalue weighted by Crippen LogP contribution is 2.28. The molecule has 3 atom stereocenters. The van der Waals surface area contributed by atoms with E-state index in [0.717, 1.165) is 31.9 Å². The zero-order chi connectivity index (χ0) is 13.2. The van der Waals surface area contributed by atoms with Gasteiger partial charge in [-0.3, -0.25) is 0 Å². The first-order valence-electron chi connectivity index (χ1n) is 7.75. The molecule has 3 unspecified atom stereocenters. The molecule has 2 N–H and O–H groups in total. The molecule has 18 heavy (non-hydrogen) atoms. The second-order valence-electron chi connectivity index (χ2n) is 5.56. The van der Waals surface area contributed by atoms with Crippen LogP contribution >= 0.6 is 0 Å². The Morgan fingerprint density at radius 2 is 2.17 bits per heavy atom. The minimum absolute atomic E-state index is 0.204. The van der Waals surface area contributed by atoms with Crippen LogP contribution < -0.4 is 5.32 Å². The van der Waals surface area contributed by atoms with Crippen molar-refractivity contribution >= 4 is 0 Å². The molecule has 0 spiro atoms. The van der Waals surface area contributed by atoms with Crippen LogP contribution in [0.25, 0.3) is 0 Å². The first-order chi connectivity index (χ1) is 8.80. The minimum Gasteiger partial charge on any atom is -0.395 e. The third kappa shape index (κ3) is 6.17. The maximum Gasteiger partial charge on any atom is 0.0585 e. The van der Waals surface area contributed by atoms with E-state index in [1.165, 1.54) is 32.1 Å². The first kappa shape index (κ1) is 15.9. The highest BCUT2D eigenvalue weighted by molar-refractivity contribution is 4.73. The van der Waals surface area contributed by atoms with Crippen molar-refractivity contribution in [3.8, 4) is 0 Å². The molecule has 0 aromatic heterocycles. The molecule has 3 nitrogen and oxygen atoms in total. The fourth-order valence-corrected chi connectivity index (χ4v) is 2.75. The van der Waals surface area contributed by atoms with Crippen LogP contribution in [0.3, 0.4) is 0 Å². The highest BCUT2D eigenvalue weighted by Gasteiger charge is 2.21. The van der Waals surface area contributed by atoms with Crippen LogP contribution in [0.5, 0.6) is 0 Å². The Bertz CT molecular complexity index is 199. The molecule has 0 aromatic rings. The fourth-order valence-electron chi connectivity index (χ4n) is 2.75. The SMILES string of the molecule is CCCNC(CO)CCOC1CCCC(CC)C1. The summed E-state index contributed by atoms with van der Waals surface area (Å²) in [7, 11) is 0. The second-order valence-corrected chi connectivity index (χ2v) is 5.56. The Kier molecular flexibility index (Phi) is 8.64. The third-order valence-corrected chi connectivity index (χ3v) is 4.04. The number of hydrogen-bond donors (Lipinski definition) is 2. The standard InChI is InChI=1S/C15H31NO2/c1-3-9-16-14(12-17)8-10-18-15-7-5-6-13(4-2)11-15/h13-17H,3-12H2,1-2H3. The van der Waals surface area contributed by atoms with Crippen molar-refractivity contribution in [1.29, 1.82) is 0 Å². The van der Waals surface area contributed by atoms with Gasteiger partial charge in [-0.1, -0.05) is 33.1 Å². The normalized spacial score (nSPS) is 26.2. The molecule has 1 aliphatic rings. The van der Waals surface area contributed by atoms with Crippen LogP contribution in [0.1, 0.15) is 58.8 Å². The van der Waals surface area contributed by atoms with Gasteiger partial charge in [0.25, 0.3) is 0 Å². The summed E-state index contributed by atoms with van der Waals surface area (Å²) in [6.07, 6.45) is 8.95. The van der Waals surface area contributed by atoms with E-state index in [-0.39, 0.29) is 12.6 Å². The summed E-state index contributed by atoms with van der Waals surface area (Å²) >= 11 is 0. The second kappa shape index (κ2) is 9.76. The molecule has 108 valence electrons. The van der Waals surface area contributed by atoms with Crippen molar-refractivity contribution in [1.82, 2.24) is 5.32 Å². The van der Waals surface area contributed by atoms with Gasteiger partial charge in [-0.2, -0.15) is 0 Å². The van der Waals surface area contributed by atoms with E-state index in [2.05, 4.69) is 19.2 Å². The fraction of sp³-hybridized carbons (Fsp3) is 1.00. The average molecular weight is 257 g/mol. The first-order valence-corrected chi connectivity index (χ1v) is 7.75. The largest absolute Gasteiger partial charge is 0.395 e. The van der Waals surface area contributed by atoms with Crippen molar-refractivity contribution in [2.24, 2.45) is 5.92 Å². The van der Waals surface area contributed by atoms with Crippen LogP contribution in [0.2, 0.25) is 0 Å². The van der Waals surface area contributed by atoms with Gasteiger partial charge in [0, 0.05) is 12.6 Å². The lowest BCUT2D eigenvalue weighted by Crippen LogP contribution is -2.34. The van der Waals surface area contributed by atoms with Crippen LogP contribution in [0, 0.1) is 5.92 Å². The van der Waals surface area contributed by atoms with Gasteiger partial charge < -0.3 is 15.2 Å². The number of aliphatic hydroxyl groups excluding tert-OH is 1. The molecule has 0 saturated heterocycles. The maximum atomic E-state index is 9.25. The summed E-state index contributed by atoms with van der Waals surface area (Å²) < 4.78 is 5.98. The summed E-state index contributed by atoms with van der Waals surface area (Å²) in [4.78, 5) is 0. The van der Waals surface area contributed by atoms with E-state index in [1.54, 1.807) is 0 Å². The number of rotatable bonds is 9. The topological polar surface area (TPSA) is 41.5 Å². The lowest BCUT2D eigenvalue weighted by molar-refractivity contribution is 0.00618. The van der Waals surface area contributed by atoms with Crippen molar-refractivity contribution in [2.45, 2.75) is 70.9 Å². The van der Waals surface area contributed by atoms with Crippen molar-refractivity contribution < 1.29 is 9.84 Å². The quantitative estimate of drug-likeness (QED) is 0.667. The van der Waals surface area contributed by atoms with Gasteiger partial charge in [0.1, 0.15) is 0 Å². The van der Waals surface area contributed by atoms with Crippen molar-refractivity contribution in [2.75, 3.05) is 19.8 Å². The molecule has 0 heterocycles. The molecule has 0 aromatic carbocycles. The predicted molar refractivity (Wildman–Crippen MR) is 75.8 cm³/mol. The zero-order valence-electron chi connectivity index (χ0n) is 12.2. The minimum atomic E-state index is 0.204. The summed E-state index contributed by atoms with van der Waals surface area (Å²) in [5.74, 6) is 0.871. The van der Waals surface area contributed by atoms with Crippen molar-refractivity contribution in [3.63, 3.8) is 0 Å². The number of nitrogens with one attached hydrogen (secondary N) is 1. The summed E-state index contributed by atoms with van der Waals surface area (Å²) in [5, 5.41) is 12.6. The van der Waals surface area contributed by atoms with Crippen LogP contribution in [-0.4, -0.2) is 37.0 Å². The summed E-state index contributed by atoms with van der Waals surface area (Å²) in [5.41, 5.74) is 0. The van der Waals surface area contributed by atoms with Crippen LogP contribution in [0.15, 0.2) is 0 Å². The zero-order valence-corrected chi connectivity index (χ0v) is 12.2. The van der Waals surface area contributed by atoms with Crippen molar-refractivity contribution in [3.05, 3.63) is 0 Å². The molecule has 1 aliphatic carbocycles. The van der Waals surface area contributed by atoms with Gasteiger partial charge >= 0.3 is 0 Å². The van der Waals surface area contributed by atoms with Gasteiger partial charge in [-0.25, -0.2) is 0 Å². The Morgan fingerprint density at radius 3 is 2.83 bits per heavy atom. The van der Waals surface area contributed by atoms with Gasteiger partial charge in [-0.05, 0) is 38.1 Å². The molecule has 1 fully saturated rings. The van der Waals surface area contributed by atoms with E-state index in [9.17, 15) is 5.11 Å². The van der Waals surface area contributed by atoms with E-state index in [0.29, 0.717) is 6.10 Å². The van der Waals surface area contributed by atoms with Crippen LogP contribution in [0.4, 0.5) is 0 Å². The summed E-state index contributed by atoms with van der Waals surface area (Å²) in [6, 6.07) is 0.204. The lowest BCUT2D eigenvalue weighted by Gasteiger charge is -2.29. The Hall–Kier alpha value is -0.120. The van der Waals surface area contributed by atoms with Crippen LogP contribution in [-0.2, 0) is 4.74 Å². The maximum absolute atomic E-state index is 9.25. The molecule has 0 bridgehead atoms. The number of hydrogen-bond acceptors (Lipinski definition) is 3. The molecule has 0 radical (unpaired) electrons. The molecule has 1 saturated carbocycles. The van der Waals surface area contributed by atoms with Gasteiger partial charge in [0.15, 0.2) is 0 Å². The Morgan fingerprint density at radius 1 is 1.33 bits per heavy atom. The Balaban J connectivity index is 2.11. The number of ether oxygens (including phenoxy) is 1. The van der Waals surface area contributed by atoms with Gasteiger partial charge in [0.2, 0.25) is 0 Å². The Labute approximate surface area is 112 Å². The van der Waals surface area contributed by atoms with E-state index in [4.69, 9.17) is 4.74 Å². The third-order valence-electron chi connectivity index (χ3n) is 4.04. The van der Waals surface area contributed by atoms with E-state index in [1.807, 2.05) is 0 Å². The highest BCUT2D eigenvalue weighted by atomic mass is 16.5. The molecular weight excluding hydrogens is 226 g/mol. The monoisotopic (exact) mass is 257 g/mol. The molecule has 0 amide bonds. The van der Waals surface area contributed by atoms with Gasteiger partial charge in [-0.15, -0.1) is 0 Å². The van der Waals surface area contributed by atoms with E-state index < -0.39 is 0 Å². The summed E-state index contributed by atoms with van der Waals surface area (Å²) in [6.45, 7) is 6.40. The lowest BCUT2D eigenvalue weighted by atomic mass is 9.85. The molecule has 0 aliphatic heterocycles. The number of aliphatic hydroxyl groups is 1. The predicted octanol–water partition coefficient (Wildman–Crippen LogP) is 2.72. The molecular formula is C15H31NO2. The van der Waals surface area contributed by atoms with Gasteiger partial charge in [0.05, 0.1) is 12.7 Å². The smallest absolute Gasteiger partial charge is 0.0585 e. The van der Waals surface area contributed by atoms with E-state index >= 15 is 0 Å². The molecule has 1 rings (SSSR count). The average Bonchev–Trinajstić information content (AvgIpc) is 2.43. The molecule has 3 heteroatoms.